The summed E-state index contributed by atoms with van der Waals surface area (Å²) in [6, 6.07) is 6.35. The molecule has 1 saturated heterocycles. The van der Waals surface area contributed by atoms with Crippen LogP contribution in [0.25, 0.3) is 0 Å². The van der Waals surface area contributed by atoms with Crippen LogP contribution in [0.15, 0.2) is 24.3 Å². The maximum atomic E-state index is 13.3. The Morgan fingerprint density at radius 1 is 1.25 bits per heavy atom. The molecule has 1 fully saturated rings. The molecule has 0 saturated carbocycles. The van der Waals surface area contributed by atoms with Gasteiger partial charge in [0.1, 0.15) is 11.4 Å². The van der Waals surface area contributed by atoms with Crippen LogP contribution in [-0.4, -0.2) is 23.8 Å². The van der Waals surface area contributed by atoms with Crippen molar-refractivity contribution in [2.45, 2.75) is 18.4 Å². The van der Waals surface area contributed by atoms with Crippen molar-refractivity contribution in [1.82, 2.24) is 5.32 Å². The van der Waals surface area contributed by atoms with E-state index in [4.69, 9.17) is 0 Å². The number of halogens is 1. The van der Waals surface area contributed by atoms with Crippen LogP contribution in [0.5, 0.6) is 0 Å². The van der Waals surface area contributed by atoms with Crippen LogP contribution in [0.1, 0.15) is 18.4 Å². The van der Waals surface area contributed by atoms with Gasteiger partial charge in [0, 0.05) is 0 Å². The standard InChI is InChI=1S/C13H14FNO/c14-12-4-2-1-3-11(12)5-6-13(16)7-9-15-10-8-13/h1-4,15-16H,7-10H2. The van der Waals surface area contributed by atoms with Crippen LogP contribution in [0.4, 0.5) is 4.39 Å². The smallest absolute Gasteiger partial charge is 0.138 e. The van der Waals surface area contributed by atoms with Crippen molar-refractivity contribution in [3.05, 3.63) is 35.6 Å². The van der Waals surface area contributed by atoms with Gasteiger partial charge in [0.25, 0.3) is 0 Å². The number of hydrogen-bond acceptors (Lipinski definition) is 2. The lowest BCUT2D eigenvalue weighted by atomic mass is 9.93. The summed E-state index contributed by atoms with van der Waals surface area (Å²) in [5.74, 6) is 5.16. The minimum Gasteiger partial charge on any atom is -0.377 e. The lowest BCUT2D eigenvalue weighted by Gasteiger charge is -2.27. The summed E-state index contributed by atoms with van der Waals surface area (Å²) < 4.78 is 13.3. The molecule has 1 heterocycles. The molecule has 0 bridgehead atoms. The zero-order chi connectivity index (χ0) is 11.4. The third-order valence-corrected chi connectivity index (χ3v) is 2.73. The molecule has 1 aliphatic heterocycles. The van der Waals surface area contributed by atoms with Crippen molar-refractivity contribution >= 4 is 0 Å². The Morgan fingerprint density at radius 2 is 1.94 bits per heavy atom. The highest BCUT2D eigenvalue weighted by Gasteiger charge is 2.26. The summed E-state index contributed by atoms with van der Waals surface area (Å²) in [7, 11) is 0. The van der Waals surface area contributed by atoms with Gasteiger partial charge in [-0.25, -0.2) is 4.39 Å². The molecule has 0 radical (unpaired) electrons. The van der Waals surface area contributed by atoms with Crippen LogP contribution < -0.4 is 5.32 Å². The molecule has 0 atom stereocenters. The summed E-state index contributed by atoms with van der Waals surface area (Å²) >= 11 is 0. The second-order valence-electron chi connectivity index (χ2n) is 4.01. The first-order valence-corrected chi connectivity index (χ1v) is 5.40. The monoisotopic (exact) mass is 219 g/mol. The molecular formula is C13H14FNO. The first kappa shape index (κ1) is 11.1. The summed E-state index contributed by atoms with van der Waals surface area (Å²) in [4.78, 5) is 0. The topological polar surface area (TPSA) is 32.3 Å². The Kier molecular flexibility index (Phi) is 3.23. The molecule has 0 aromatic heterocycles. The minimum atomic E-state index is -0.965. The van der Waals surface area contributed by atoms with E-state index in [0.29, 0.717) is 18.4 Å². The third kappa shape index (κ3) is 2.60. The predicted octanol–water partition coefficient (Wildman–Crippen LogP) is 1.29. The molecule has 84 valence electrons. The first-order valence-electron chi connectivity index (χ1n) is 5.40. The summed E-state index contributed by atoms with van der Waals surface area (Å²) in [6.45, 7) is 1.50. The van der Waals surface area contributed by atoms with E-state index in [2.05, 4.69) is 17.2 Å². The molecule has 0 aliphatic carbocycles. The van der Waals surface area contributed by atoms with E-state index >= 15 is 0 Å². The number of rotatable bonds is 0. The highest BCUT2D eigenvalue weighted by Crippen LogP contribution is 2.17. The van der Waals surface area contributed by atoms with Crippen molar-refractivity contribution in [2.75, 3.05) is 13.1 Å². The van der Waals surface area contributed by atoms with Gasteiger partial charge in [-0.1, -0.05) is 24.0 Å². The van der Waals surface area contributed by atoms with E-state index in [-0.39, 0.29) is 5.82 Å². The average Bonchev–Trinajstić information content (AvgIpc) is 2.29. The van der Waals surface area contributed by atoms with E-state index in [1.807, 2.05) is 0 Å². The van der Waals surface area contributed by atoms with Gasteiger partial charge in [-0.2, -0.15) is 0 Å². The molecule has 3 heteroatoms. The molecule has 2 N–H and O–H groups in total. The highest BCUT2D eigenvalue weighted by molar-refractivity contribution is 5.37. The second-order valence-corrected chi connectivity index (χ2v) is 4.01. The van der Waals surface area contributed by atoms with E-state index < -0.39 is 5.60 Å². The molecule has 0 amide bonds. The first-order chi connectivity index (χ1) is 7.70. The summed E-state index contributed by atoms with van der Waals surface area (Å²) in [5, 5.41) is 13.2. The van der Waals surface area contributed by atoms with E-state index in [0.717, 1.165) is 13.1 Å². The minimum absolute atomic E-state index is 0.340. The normalized spacial score (nSPS) is 18.6. The SMILES string of the molecule is OC1(C#Cc2ccccc2F)CCNCC1. The fourth-order valence-corrected chi connectivity index (χ4v) is 1.71. The third-order valence-electron chi connectivity index (χ3n) is 2.73. The molecule has 1 aromatic rings. The molecular weight excluding hydrogens is 205 g/mol. The van der Waals surface area contributed by atoms with E-state index in [1.165, 1.54) is 6.07 Å². The van der Waals surface area contributed by atoms with Gasteiger partial charge in [-0.05, 0) is 38.1 Å². The second kappa shape index (κ2) is 4.65. The van der Waals surface area contributed by atoms with E-state index in [9.17, 15) is 9.50 Å². The van der Waals surface area contributed by atoms with Crippen molar-refractivity contribution in [3.63, 3.8) is 0 Å². The number of aliphatic hydroxyl groups is 1. The summed E-state index contributed by atoms with van der Waals surface area (Å²) in [5.41, 5.74) is -0.623. The van der Waals surface area contributed by atoms with Crippen molar-refractivity contribution < 1.29 is 9.50 Å². The fraction of sp³-hybridized carbons (Fsp3) is 0.385. The van der Waals surface area contributed by atoms with E-state index in [1.54, 1.807) is 18.2 Å². The van der Waals surface area contributed by atoms with Crippen LogP contribution in [0, 0.1) is 17.7 Å². The fourth-order valence-electron chi connectivity index (χ4n) is 1.71. The summed E-state index contributed by atoms with van der Waals surface area (Å²) in [6.07, 6.45) is 1.18. The number of benzene rings is 1. The van der Waals surface area contributed by atoms with Gasteiger partial charge >= 0.3 is 0 Å². The molecule has 2 nitrogen and oxygen atoms in total. The Balaban J connectivity index is 2.18. The largest absolute Gasteiger partial charge is 0.377 e. The van der Waals surface area contributed by atoms with Crippen LogP contribution >= 0.6 is 0 Å². The number of nitrogens with one attached hydrogen (secondary N) is 1. The Bertz CT molecular complexity index is 427. The Labute approximate surface area is 94.5 Å². The zero-order valence-electron chi connectivity index (χ0n) is 8.96. The van der Waals surface area contributed by atoms with Crippen molar-refractivity contribution in [3.8, 4) is 11.8 Å². The predicted molar refractivity (Wildman–Crippen MR) is 60.3 cm³/mol. The molecule has 16 heavy (non-hydrogen) atoms. The Hall–Kier alpha value is -1.37. The molecule has 2 rings (SSSR count). The molecule has 0 unspecified atom stereocenters. The maximum absolute atomic E-state index is 13.3. The highest BCUT2D eigenvalue weighted by atomic mass is 19.1. The quantitative estimate of drug-likeness (QED) is 0.644. The van der Waals surface area contributed by atoms with Gasteiger partial charge in [0.2, 0.25) is 0 Å². The Morgan fingerprint density at radius 3 is 2.62 bits per heavy atom. The van der Waals surface area contributed by atoms with Gasteiger partial charge in [0.05, 0.1) is 5.56 Å². The van der Waals surface area contributed by atoms with Crippen LogP contribution in [0.3, 0.4) is 0 Å². The lowest BCUT2D eigenvalue weighted by molar-refractivity contribution is 0.0679. The van der Waals surface area contributed by atoms with Crippen molar-refractivity contribution in [1.29, 1.82) is 0 Å². The van der Waals surface area contributed by atoms with Gasteiger partial charge in [-0.15, -0.1) is 0 Å². The molecule has 1 aliphatic rings. The maximum Gasteiger partial charge on any atom is 0.138 e. The van der Waals surface area contributed by atoms with Gasteiger partial charge in [0.15, 0.2) is 0 Å². The molecule has 0 spiro atoms. The zero-order valence-corrected chi connectivity index (χ0v) is 8.96. The van der Waals surface area contributed by atoms with Gasteiger partial charge < -0.3 is 10.4 Å². The molecule has 1 aromatic carbocycles. The number of hydrogen-bond donors (Lipinski definition) is 2. The average molecular weight is 219 g/mol. The van der Waals surface area contributed by atoms with Crippen molar-refractivity contribution in [2.24, 2.45) is 0 Å². The number of piperidine rings is 1. The lowest BCUT2D eigenvalue weighted by Crippen LogP contribution is -2.40. The van der Waals surface area contributed by atoms with Gasteiger partial charge in [-0.3, -0.25) is 0 Å². The van der Waals surface area contributed by atoms with Crippen LogP contribution in [0.2, 0.25) is 0 Å². The van der Waals surface area contributed by atoms with Crippen LogP contribution in [-0.2, 0) is 0 Å².